The summed E-state index contributed by atoms with van der Waals surface area (Å²) in [7, 11) is 0. The quantitative estimate of drug-likeness (QED) is 0.221. The molecular weight excluding hydrogens is 256 g/mol. The van der Waals surface area contributed by atoms with Crippen molar-refractivity contribution in [1.29, 1.82) is 0 Å². The van der Waals surface area contributed by atoms with Crippen LogP contribution in [0, 0.1) is 0 Å². The molecular formula is C11H14N2O6. The molecule has 0 fully saturated rings. The van der Waals surface area contributed by atoms with Crippen molar-refractivity contribution in [2.75, 3.05) is 6.54 Å². The van der Waals surface area contributed by atoms with E-state index < -0.39 is 29.2 Å². The molecule has 0 saturated heterocycles. The Hall–Kier alpha value is -2.32. The van der Waals surface area contributed by atoms with Crippen LogP contribution in [0.3, 0.4) is 0 Å². The molecule has 0 saturated carbocycles. The van der Waals surface area contributed by atoms with Gasteiger partial charge in [-0.1, -0.05) is 6.07 Å². The Balaban J connectivity index is 2.72. The number of amides is 1. The molecule has 0 aliphatic rings. The van der Waals surface area contributed by atoms with Crippen LogP contribution >= 0.6 is 0 Å². The molecule has 0 aliphatic heterocycles. The van der Waals surface area contributed by atoms with Crippen LogP contribution in [-0.2, 0) is 16.0 Å². The first-order valence-electron chi connectivity index (χ1n) is 5.34. The van der Waals surface area contributed by atoms with E-state index in [0.29, 0.717) is 6.29 Å². The van der Waals surface area contributed by atoms with Gasteiger partial charge < -0.3 is 30.6 Å². The highest BCUT2D eigenvalue weighted by Crippen LogP contribution is 2.37. The number of aromatic hydroxyl groups is 3. The Kier molecular flexibility index (Phi) is 5.10. The van der Waals surface area contributed by atoms with Crippen molar-refractivity contribution in [3.63, 3.8) is 0 Å². The van der Waals surface area contributed by atoms with Crippen molar-refractivity contribution < 1.29 is 30.1 Å². The summed E-state index contributed by atoms with van der Waals surface area (Å²) in [6.45, 7) is -0.151. The molecule has 1 rings (SSSR count). The van der Waals surface area contributed by atoms with E-state index in [9.17, 15) is 19.8 Å². The fraction of sp³-hybridized carbons (Fsp3) is 0.273. The minimum atomic E-state index is -0.912. The van der Waals surface area contributed by atoms with Crippen molar-refractivity contribution in [3.05, 3.63) is 17.7 Å². The number of rotatable bonds is 6. The number of carbonyl (C=O) groups is 2. The van der Waals surface area contributed by atoms with E-state index in [-0.39, 0.29) is 18.5 Å². The van der Waals surface area contributed by atoms with E-state index in [2.05, 4.69) is 5.32 Å². The highest BCUT2D eigenvalue weighted by atomic mass is 16.5. The van der Waals surface area contributed by atoms with Gasteiger partial charge in [0.25, 0.3) is 0 Å². The Morgan fingerprint density at radius 2 is 1.95 bits per heavy atom. The molecule has 1 amide bonds. The van der Waals surface area contributed by atoms with Crippen LogP contribution in [0.15, 0.2) is 12.1 Å². The third-order valence-electron chi connectivity index (χ3n) is 2.39. The maximum atomic E-state index is 11.6. The van der Waals surface area contributed by atoms with Gasteiger partial charge in [-0.05, 0) is 6.07 Å². The third-order valence-corrected chi connectivity index (χ3v) is 2.39. The number of aldehydes is 1. The normalized spacial score (nSPS) is 11.8. The van der Waals surface area contributed by atoms with Gasteiger partial charge in [-0.2, -0.15) is 0 Å². The number of nitrogens with one attached hydrogen (secondary N) is 2. The zero-order chi connectivity index (χ0) is 14.4. The second-order valence-electron chi connectivity index (χ2n) is 3.79. The Morgan fingerprint density at radius 1 is 1.26 bits per heavy atom. The summed E-state index contributed by atoms with van der Waals surface area (Å²) >= 11 is 0. The SMILES string of the molecule is O=CC(CNO)NC(=O)Cc1ccc(O)c(O)c1O. The topological polar surface area (TPSA) is 139 Å². The maximum absolute atomic E-state index is 11.6. The smallest absolute Gasteiger partial charge is 0.225 e. The molecule has 1 aromatic rings. The minimum absolute atomic E-state index is 0.0920. The summed E-state index contributed by atoms with van der Waals surface area (Å²) < 4.78 is 0. The Morgan fingerprint density at radius 3 is 2.53 bits per heavy atom. The second kappa shape index (κ2) is 6.57. The summed E-state index contributed by atoms with van der Waals surface area (Å²) in [6, 6.07) is 1.49. The second-order valence-corrected chi connectivity index (χ2v) is 3.79. The van der Waals surface area contributed by atoms with Gasteiger partial charge in [0.2, 0.25) is 11.7 Å². The molecule has 8 nitrogen and oxygen atoms in total. The standard InChI is InChI=1S/C11H14N2O6/c14-5-7(4-12-19)13-9(16)3-6-1-2-8(15)11(18)10(6)17/h1-2,5,7,12,15,17-19H,3-4H2,(H,13,16). The maximum Gasteiger partial charge on any atom is 0.225 e. The molecule has 1 atom stereocenters. The molecule has 0 aromatic heterocycles. The van der Waals surface area contributed by atoms with Gasteiger partial charge in [0.15, 0.2) is 11.5 Å². The van der Waals surface area contributed by atoms with Crippen LogP contribution in [0.25, 0.3) is 0 Å². The highest BCUT2D eigenvalue weighted by molar-refractivity contribution is 5.82. The summed E-state index contributed by atoms with van der Waals surface area (Å²) in [6.07, 6.45) is 0.144. The van der Waals surface area contributed by atoms with E-state index in [0.717, 1.165) is 6.07 Å². The average molecular weight is 270 g/mol. The third kappa shape index (κ3) is 3.83. The Labute approximate surface area is 108 Å². The van der Waals surface area contributed by atoms with Gasteiger partial charge in [0.1, 0.15) is 6.29 Å². The summed E-state index contributed by atoms with van der Waals surface area (Å²) in [5, 5.41) is 38.6. The monoisotopic (exact) mass is 270 g/mol. The molecule has 1 aromatic carbocycles. The lowest BCUT2D eigenvalue weighted by Crippen LogP contribution is -2.43. The zero-order valence-corrected chi connectivity index (χ0v) is 9.83. The molecule has 8 heteroatoms. The average Bonchev–Trinajstić information content (AvgIpc) is 2.39. The molecule has 0 spiro atoms. The zero-order valence-electron chi connectivity index (χ0n) is 9.83. The van der Waals surface area contributed by atoms with Gasteiger partial charge >= 0.3 is 0 Å². The highest BCUT2D eigenvalue weighted by Gasteiger charge is 2.16. The molecule has 1 unspecified atom stereocenters. The number of hydrogen-bond donors (Lipinski definition) is 6. The lowest BCUT2D eigenvalue weighted by Gasteiger charge is -2.12. The predicted molar refractivity (Wildman–Crippen MR) is 62.9 cm³/mol. The predicted octanol–water partition coefficient (Wildman–Crippen LogP) is -0.992. The van der Waals surface area contributed by atoms with Crippen LogP contribution in [-0.4, -0.2) is 45.3 Å². The molecule has 0 radical (unpaired) electrons. The van der Waals surface area contributed by atoms with Gasteiger partial charge in [-0.3, -0.25) is 4.79 Å². The van der Waals surface area contributed by atoms with Crippen molar-refractivity contribution in [2.24, 2.45) is 0 Å². The summed E-state index contributed by atoms with van der Waals surface area (Å²) in [5.74, 6) is -2.41. The largest absolute Gasteiger partial charge is 0.504 e. The van der Waals surface area contributed by atoms with E-state index in [1.807, 2.05) is 0 Å². The van der Waals surface area contributed by atoms with Crippen molar-refractivity contribution in [3.8, 4) is 17.2 Å². The van der Waals surface area contributed by atoms with Crippen LogP contribution in [0.5, 0.6) is 17.2 Å². The van der Waals surface area contributed by atoms with Gasteiger partial charge in [-0.15, -0.1) is 0 Å². The van der Waals surface area contributed by atoms with Crippen LogP contribution in [0.4, 0.5) is 0 Å². The van der Waals surface area contributed by atoms with Crippen molar-refractivity contribution in [1.82, 2.24) is 10.8 Å². The van der Waals surface area contributed by atoms with Gasteiger partial charge in [-0.25, -0.2) is 5.48 Å². The van der Waals surface area contributed by atoms with E-state index in [4.69, 9.17) is 10.3 Å². The van der Waals surface area contributed by atoms with Crippen molar-refractivity contribution in [2.45, 2.75) is 12.5 Å². The first-order chi connectivity index (χ1) is 8.99. The van der Waals surface area contributed by atoms with Gasteiger partial charge in [0.05, 0.1) is 12.5 Å². The number of carbonyl (C=O) groups excluding carboxylic acids is 2. The van der Waals surface area contributed by atoms with Gasteiger partial charge in [0, 0.05) is 12.1 Å². The fourth-order valence-electron chi connectivity index (χ4n) is 1.42. The molecule has 0 bridgehead atoms. The van der Waals surface area contributed by atoms with Crippen LogP contribution in [0.1, 0.15) is 5.56 Å². The molecule has 104 valence electrons. The van der Waals surface area contributed by atoms with E-state index >= 15 is 0 Å². The number of hydrogen-bond acceptors (Lipinski definition) is 7. The number of hydroxylamine groups is 1. The molecule has 0 heterocycles. The minimum Gasteiger partial charge on any atom is -0.504 e. The molecule has 6 N–H and O–H groups in total. The van der Waals surface area contributed by atoms with Crippen LogP contribution < -0.4 is 10.8 Å². The van der Waals surface area contributed by atoms with E-state index in [1.54, 1.807) is 5.48 Å². The summed E-state index contributed by atoms with van der Waals surface area (Å²) in [5.41, 5.74) is 1.84. The van der Waals surface area contributed by atoms with Crippen molar-refractivity contribution >= 4 is 12.2 Å². The summed E-state index contributed by atoms with van der Waals surface area (Å²) in [4.78, 5) is 22.1. The number of phenols is 3. The Bertz CT molecular complexity index is 476. The first kappa shape index (κ1) is 14.7. The van der Waals surface area contributed by atoms with E-state index in [1.165, 1.54) is 6.07 Å². The fourth-order valence-corrected chi connectivity index (χ4v) is 1.42. The molecule has 0 aliphatic carbocycles. The molecule has 19 heavy (non-hydrogen) atoms. The lowest BCUT2D eigenvalue weighted by molar-refractivity contribution is -0.123. The number of benzene rings is 1. The first-order valence-corrected chi connectivity index (χ1v) is 5.34. The lowest BCUT2D eigenvalue weighted by atomic mass is 10.1. The number of phenolic OH excluding ortho intramolecular Hbond substituents is 3. The van der Waals surface area contributed by atoms with Crippen LogP contribution in [0.2, 0.25) is 0 Å².